The number of amides is 2. The molecule has 6 heteroatoms. The fourth-order valence-electron chi connectivity index (χ4n) is 4.62. The maximum absolute atomic E-state index is 13.5. The summed E-state index contributed by atoms with van der Waals surface area (Å²) >= 11 is 4.98. The first-order chi connectivity index (χ1) is 16.5. The molecule has 182 valence electrons. The first-order valence-corrected chi connectivity index (χ1v) is 15.1. The maximum atomic E-state index is 13.5. The zero-order valence-electron chi connectivity index (χ0n) is 20.6. The molecule has 0 spiro atoms. The van der Waals surface area contributed by atoms with Crippen LogP contribution < -0.4 is 0 Å². The molecule has 0 aromatic carbocycles. The van der Waals surface area contributed by atoms with E-state index in [0.29, 0.717) is 17.7 Å². The summed E-state index contributed by atoms with van der Waals surface area (Å²) in [4.78, 5) is 35.0. The monoisotopic (exact) mass is 513 g/mol. The van der Waals surface area contributed by atoms with Crippen LogP contribution in [0.3, 0.4) is 0 Å². The molecule has 0 atom stereocenters. The number of aryl methyl sites for hydroxylation is 2. The van der Waals surface area contributed by atoms with Crippen molar-refractivity contribution in [1.29, 1.82) is 0 Å². The predicted molar refractivity (Wildman–Crippen MR) is 148 cm³/mol. The van der Waals surface area contributed by atoms with Crippen LogP contribution in [0.2, 0.25) is 0 Å². The van der Waals surface area contributed by atoms with Gasteiger partial charge in [-0.25, -0.2) is 0 Å². The normalized spacial score (nSPS) is 13.3. The van der Waals surface area contributed by atoms with Crippen molar-refractivity contribution < 1.29 is 9.59 Å². The Bertz CT molecular complexity index is 1060. The Labute approximate surface area is 215 Å². The van der Waals surface area contributed by atoms with Gasteiger partial charge in [0.15, 0.2) is 0 Å². The second-order valence-electron chi connectivity index (χ2n) is 9.27. The van der Waals surface area contributed by atoms with Crippen molar-refractivity contribution in [1.82, 2.24) is 4.90 Å². The van der Waals surface area contributed by atoms with Gasteiger partial charge in [0.1, 0.15) is 0 Å². The second kappa shape index (κ2) is 11.8. The number of hydrogen-bond donors (Lipinski definition) is 0. The molecule has 3 aromatic heterocycles. The third kappa shape index (κ3) is 5.55. The van der Waals surface area contributed by atoms with Crippen LogP contribution in [0.1, 0.15) is 102 Å². The van der Waals surface area contributed by atoms with E-state index in [2.05, 4.69) is 45.0 Å². The highest BCUT2D eigenvalue weighted by Crippen LogP contribution is 2.49. The molecular formula is C28H35NO2S3. The molecule has 4 heterocycles. The summed E-state index contributed by atoms with van der Waals surface area (Å²) in [6, 6.07) is 8.34. The van der Waals surface area contributed by atoms with Crippen LogP contribution in [0, 0.1) is 13.8 Å². The average Bonchev–Trinajstić information content (AvgIpc) is 3.57. The van der Waals surface area contributed by atoms with E-state index >= 15 is 0 Å². The Morgan fingerprint density at radius 1 is 0.618 bits per heavy atom. The SMILES string of the molecule is CCCCCCCCCCCCN1C(=O)c2c(-c3ccc(C)s3)sc(-c3ccc(C)s3)c2C1=O. The number of rotatable bonds is 13. The van der Waals surface area contributed by atoms with E-state index in [4.69, 9.17) is 0 Å². The van der Waals surface area contributed by atoms with Crippen LogP contribution in [0.25, 0.3) is 19.5 Å². The van der Waals surface area contributed by atoms with Gasteiger partial charge in [-0.3, -0.25) is 14.5 Å². The Morgan fingerprint density at radius 3 is 1.47 bits per heavy atom. The van der Waals surface area contributed by atoms with Gasteiger partial charge in [-0.15, -0.1) is 34.0 Å². The van der Waals surface area contributed by atoms with Crippen LogP contribution in [0.5, 0.6) is 0 Å². The summed E-state index contributed by atoms with van der Waals surface area (Å²) in [7, 11) is 0. The first kappa shape index (κ1) is 25.3. The minimum absolute atomic E-state index is 0.104. The minimum Gasteiger partial charge on any atom is -0.274 e. The van der Waals surface area contributed by atoms with E-state index < -0.39 is 0 Å². The molecule has 34 heavy (non-hydrogen) atoms. The number of hydrogen-bond acceptors (Lipinski definition) is 5. The molecule has 0 radical (unpaired) electrons. The van der Waals surface area contributed by atoms with Gasteiger partial charge in [0, 0.05) is 26.1 Å². The largest absolute Gasteiger partial charge is 0.274 e. The summed E-state index contributed by atoms with van der Waals surface area (Å²) in [5, 5.41) is 0. The molecule has 0 bridgehead atoms. The zero-order chi connectivity index (χ0) is 24.1. The summed E-state index contributed by atoms with van der Waals surface area (Å²) in [5.41, 5.74) is 1.26. The number of fused-ring (bicyclic) bond motifs is 1. The van der Waals surface area contributed by atoms with Gasteiger partial charge in [-0.2, -0.15) is 0 Å². The maximum Gasteiger partial charge on any atom is 0.263 e. The fraction of sp³-hybridized carbons (Fsp3) is 0.500. The molecule has 0 fully saturated rings. The lowest BCUT2D eigenvalue weighted by Gasteiger charge is -2.14. The number of carbonyl (C=O) groups is 2. The first-order valence-electron chi connectivity index (χ1n) is 12.7. The van der Waals surface area contributed by atoms with Gasteiger partial charge in [0.05, 0.1) is 20.9 Å². The number of unbranched alkanes of at least 4 members (excludes halogenated alkanes) is 9. The smallest absolute Gasteiger partial charge is 0.263 e. The summed E-state index contributed by atoms with van der Waals surface area (Å²) in [6.07, 6.45) is 12.4. The standard InChI is InChI=1S/C28H35NO2S3/c1-4-5-6-7-8-9-10-11-12-13-18-29-27(30)23-24(28(29)31)26(22-17-15-20(3)33-22)34-25(23)21-16-14-19(2)32-21/h14-17H,4-13,18H2,1-3H3. The van der Waals surface area contributed by atoms with Gasteiger partial charge < -0.3 is 0 Å². The van der Waals surface area contributed by atoms with Crippen molar-refractivity contribution in [3.05, 3.63) is 45.1 Å². The highest BCUT2D eigenvalue weighted by atomic mass is 32.1. The molecule has 0 aliphatic carbocycles. The zero-order valence-corrected chi connectivity index (χ0v) is 23.0. The molecule has 3 nitrogen and oxygen atoms in total. The van der Waals surface area contributed by atoms with Crippen LogP contribution in [0.15, 0.2) is 24.3 Å². The van der Waals surface area contributed by atoms with E-state index in [1.165, 1.54) is 66.0 Å². The fourth-order valence-corrected chi connectivity index (χ4v) is 7.87. The van der Waals surface area contributed by atoms with Gasteiger partial charge in [-0.1, -0.05) is 64.7 Å². The molecule has 1 aliphatic heterocycles. The van der Waals surface area contributed by atoms with Gasteiger partial charge in [-0.05, 0) is 44.5 Å². The van der Waals surface area contributed by atoms with Crippen LogP contribution in [-0.4, -0.2) is 23.3 Å². The topological polar surface area (TPSA) is 37.4 Å². The summed E-state index contributed by atoms with van der Waals surface area (Å²) < 4.78 is 0. The lowest BCUT2D eigenvalue weighted by atomic mass is 10.1. The second-order valence-corrected chi connectivity index (χ2v) is 12.9. The van der Waals surface area contributed by atoms with Crippen molar-refractivity contribution in [3.8, 4) is 19.5 Å². The third-order valence-corrected chi connectivity index (χ3v) is 10.0. The van der Waals surface area contributed by atoms with Crippen molar-refractivity contribution in [3.63, 3.8) is 0 Å². The van der Waals surface area contributed by atoms with Crippen molar-refractivity contribution in [2.24, 2.45) is 0 Å². The number of carbonyl (C=O) groups excluding carboxylic acids is 2. The molecular weight excluding hydrogens is 479 g/mol. The molecule has 3 aromatic rings. The predicted octanol–water partition coefficient (Wildman–Crippen LogP) is 9.34. The number of nitrogens with zero attached hydrogens (tertiary/aromatic N) is 1. The highest BCUT2D eigenvalue weighted by molar-refractivity contribution is 7.27. The van der Waals surface area contributed by atoms with Crippen LogP contribution >= 0.6 is 34.0 Å². The average molecular weight is 514 g/mol. The van der Waals surface area contributed by atoms with E-state index in [9.17, 15) is 9.59 Å². The van der Waals surface area contributed by atoms with E-state index in [-0.39, 0.29) is 11.8 Å². The molecule has 4 rings (SSSR count). The van der Waals surface area contributed by atoms with E-state index in [0.717, 1.165) is 32.4 Å². The van der Waals surface area contributed by atoms with Crippen molar-refractivity contribution >= 4 is 45.8 Å². The molecule has 0 saturated carbocycles. The van der Waals surface area contributed by atoms with Crippen LogP contribution in [-0.2, 0) is 0 Å². The van der Waals surface area contributed by atoms with Gasteiger partial charge in [0.25, 0.3) is 11.8 Å². The third-order valence-electron chi connectivity index (χ3n) is 6.49. The van der Waals surface area contributed by atoms with Crippen molar-refractivity contribution in [2.75, 3.05) is 6.54 Å². The molecule has 0 unspecified atom stereocenters. The molecule has 0 saturated heterocycles. The van der Waals surface area contributed by atoms with Gasteiger partial charge in [0.2, 0.25) is 0 Å². The number of imide groups is 1. The Kier molecular flexibility index (Phi) is 8.78. The van der Waals surface area contributed by atoms with E-state index in [1.54, 1.807) is 34.0 Å². The van der Waals surface area contributed by atoms with Crippen LogP contribution in [0.4, 0.5) is 0 Å². The Morgan fingerprint density at radius 2 is 1.06 bits per heavy atom. The minimum atomic E-state index is -0.104. The molecule has 0 N–H and O–H groups in total. The summed E-state index contributed by atoms with van der Waals surface area (Å²) in [5.74, 6) is -0.208. The quantitative estimate of drug-likeness (QED) is 0.169. The van der Waals surface area contributed by atoms with Gasteiger partial charge >= 0.3 is 0 Å². The Balaban J connectivity index is 1.42. The number of thiophene rings is 3. The van der Waals surface area contributed by atoms with E-state index in [1.807, 2.05) is 0 Å². The molecule has 1 aliphatic rings. The summed E-state index contributed by atoms with van der Waals surface area (Å²) in [6.45, 7) is 6.94. The molecule has 2 amide bonds. The highest BCUT2D eigenvalue weighted by Gasteiger charge is 2.42. The lowest BCUT2D eigenvalue weighted by Crippen LogP contribution is -2.31. The lowest BCUT2D eigenvalue weighted by molar-refractivity contribution is 0.0652. The van der Waals surface area contributed by atoms with Crippen molar-refractivity contribution in [2.45, 2.75) is 85.0 Å². The Hall–Kier alpha value is -1.76.